The number of nitrogens with zero attached hydrogens (tertiary/aromatic N) is 1. The molecule has 0 aromatic carbocycles. The van der Waals surface area contributed by atoms with E-state index in [4.69, 9.17) is 11.6 Å². The lowest BCUT2D eigenvalue weighted by molar-refractivity contribution is 0.0951. The zero-order valence-electron chi connectivity index (χ0n) is 9.79. The van der Waals surface area contributed by atoms with Crippen molar-refractivity contribution in [3.05, 3.63) is 29.0 Å². The van der Waals surface area contributed by atoms with Gasteiger partial charge in [0.05, 0.1) is 10.6 Å². The van der Waals surface area contributed by atoms with Gasteiger partial charge in [0.25, 0.3) is 5.91 Å². The smallest absolute Gasteiger partial charge is 0.252 e. The van der Waals surface area contributed by atoms with Gasteiger partial charge in [0.15, 0.2) is 0 Å². The molecule has 0 bridgehead atoms. The summed E-state index contributed by atoms with van der Waals surface area (Å²) in [5.74, 6) is 0.693. The van der Waals surface area contributed by atoms with Crippen LogP contribution in [0.1, 0.15) is 42.5 Å². The Hall–Kier alpha value is -1.09. The summed E-state index contributed by atoms with van der Waals surface area (Å²) in [4.78, 5) is 15.7. The number of hydrogen-bond acceptors (Lipinski definition) is 2. The quantitative estimate of drug-likeness (QED) is 0.895. The number of carbonyl (C=O) groups excluding carboxylic acids is 1. The average Bonchev–Trinajstić information content (AvgIpc) is 2.82. The first-order valence-electron chi connectivity index (χ1n) is 6.15. The SMILES string of the molecule is O=C(NCCC1CCCC1)c1ccncc1Cl. The molecule has 1 saturated carbocycles. The molecule has 0 saturated heterocycles. The van der Waals surface area contributed by atoms with Crippen molar-refractivity contribution in [2.24, 2.45) is 5.92 Å². The molecule has 0 aliphatic heterocycles. The van der Waals surface area contributed by atoms with Crippen LogP contribution in [0.4, 0.5) is 0 Å². The van der Waals surface area contributed by atoms with E-state index in [-0.39, 0.29) is 5.91 Å². The predicted molar refractivity (Wildman–Crippen MR) is 68.2 cm³/mol. The maximum absolute atomic E-state index is 11.8. The largest absolute Gasteiger partial charge is 0.352 e. The standard InChI is InChI=1S/C13H17ClN2O/c14-12-9-15-7-6-11(12)13(17)16-8-5-10-3-1-2-4-10/h6-7,9-10H,1-5,8H2,(H,16,17). The van der Waals surface area contributed by atoms with E-state index in [9.17, 15) is 4.79 Å². The second kappa shape index (κ2) is 6.01. The molecule has 1 heterocycles. The van der Waals surface area contributed by atoms with Gasteiger partial charge in [-0.15, -0.1) is 0 Å². The Labute approximate surface area is 107 Å². The van der Waals surface area contributed by atoms with Crippen LogP contribution in [0, 0.1) is 5.92 Å². The highest BCUT2D eigenvalue weighted by atomic mass is 35.5. The Kier molecular flexibility index (Phi) is 4.37. The highest BCUT2D eigenvalue weighted by molar-refractivity contribution is 6.33. The summed E-state index contributed by atoms with van der Waals surface area (Å²) in [6.07, 6.45) is 9.46. The fraction of sp³-hybridized carbons (Fsp3) is 0.538. The lowest BCUT2D eigenvalue weighted by atomic mass is 10.0. The molecule has 92 valence electrons. The highest BCUT2D eigenvalue weighted by Gasteiger charge is 2.15. The molecule has 0 spiro atoms. The van der Waals surface area contributed by atoms with Crippen LogP contribution in [-0.4, -0.2) is 17.4 Å². The molecule has 2 rings (SSSR count). The van der Waals surface area contributed by atoms with Gasteiger partial charge < -0.3 is 5.32 Å². The minimum absolute atomic E-state index is 0.101. The van der Waals surface area contributed by atoms with Gasteiger partial charge in [-0.2, -0.15) is 0 Å². The fourth-order valence-electron chi connectivity index (χ4n) is 2.34. The average molecular weight is 253 g/mol. The van der Waals surface area contributed by atoms with Crippen molar-refractivity contribution >= 4 is 17.5 Å². The summed E-state index contributed by atoms with van der Waals surface area (Å²) < 4.78 is 0. The molecule has 17 heavy (non-hydrogen) atoms. The first-order chi connectivity index (χ1) is 8.27. The summed E-state index contributed by atoms with van der Waals surface area (Å²) in [6, 6.07) is 1.65. The fourth-order valence-corrected chi connectivity index (χ4v) is 2.55. The molecule has 1 aliphatic carbocycles. The number of pyridine rings is 1. The van der Waals surface area contributed by atoms with Crippen LogP contribution in [0.25, 0.3) is 0 Å². The summed E-state index contributed by atoms with van der Waals surface area (Å²) in [7, 11) is 0. The molecule has 1 aliphatic rings. The molecule has 0 radical (unpaired) electrons. The topological polar surface area (TPSA) is 42.0 Å². The number of aromatic nitrogens is 1. The Morgan fingerprint density at radius 2 is 2.24 bits per heavy atom. The molecule has 4 heteroatoms. The van der Waals surface area contributed by atoms with E-state index in [1.807, 2.05) is 0 Å². The third-order valence-electron chi connectivity index (χ3n) is 3.33. The molecule has 1 aromatic heterocycles. The Morgan fingerprint density at radius 3 is 2.94 bits per heavy atom. The van der Waals surface area contributed by atoms with Crippen molar-refractivity contribution < 1.29 is 4.79 Å². The molecule has 1 aromatic rings. The molecule has 0 unspecified atom stereocenters. The molecule has 0 atom stereocenters. The third-order valence-corrected chi connectivity index (χ3v) is 3.63. The van der Waals surface area contributed by atoms with Gasteiger partial charge in [-0.05, 0) is 18.4 Å². The van der Waals surface area contributed by atoms with E-state index >= 15 is 0 Å². The summed E-state index contributed by atoms with van der Waals surface area (Å²) >= 11 is 5.90. The van der Waals surface area contributed by atoms with E-state index in [1.54, 1.807) is 12.3 Å². The van der Waals surface area contributed by atoms with Crippen molar-refractivity contribution in [3.8, 4) is 0 Å². The Morgan fingerprint density at radius 1 is 1.47 bits per heavy atom. The van der Waals surface area contributed by atoms with Gasteiger partial charge in [0.1, 0.15) is 0 Å². The molecular formula is C13H17ClN2O. The lowest BCUT2D eigenvalue weighted by Gasteiger charge is -2.10. The van der Waals surface area contributed by atoms with E-state index in [0.29, 0.717) is 10.6 Å². The van der Waals surface area contributed by atoms with E-state index < -0.39 is 0 Å². The van der Waals surface area contributed by atoms with Gasteiger partial charge in [-0.3, -0.25) is 9.78 Å². The Balaban J connectivity index is 1.79. The minimum Gasteiger partial charge on any atom is -0.352 e. The molecule has 1 fully saturated rings. The van der Waals surface area contributed by atoms with Crippen LogP contribution in [0.3, 0.4) is 0 Å². The van der Waals surface area contributed by atoms with E-state index in [2.05, 4.69) is 10.3 Å². The van der Waals surface area contributed by atoms with Crippen molar-refractivity contribution in [3.63, 3.8) is 0 Å². The monoisotopic (exact) mass is 252 g/mol. The van der Waals surface area contributed by atoms with Gasteiger partial charge in [-0.1, -0.05) is 37.3 Å². The predicted octanol–water partition coefficient (Wildman–Crippen LogP) is 3.05. The van der Waals surface area contributed by atoms with Crippen LogP contribution in [-0.2, 0) is 0 Å². The van der Waals surface area contributed by atoms with Crippen molar-refractivity contribution in [2.45, 2.75) is 32.1 Å². The van der Waals surface area contributed by atoms with Gasteiger partial charge in [-0.25, -0.2) is 0 Å². The van der Waals surface area contributed by atoms with E-state index in [0.717, 1.165) is 18.9 Å². The number of amides is 1. The van der Waals surface area contributed by atoms with Gasteiger partial charge >= 0.3 is 0 Å². The lowest BCUT2D eigenvalue weighted by Crippen LogP contribution is -2.25. The van der Waals surface area contributed by atoms with Crippen LogP contribution in [0.2, 0.25) is 5.02 Å². The second-order valence-corrected chi connectivity index (χ2v) is 4.96. The molecule has 1 amide bonds. The van der Waals surface area contributed by atoms with Gasteiger partial charge in [0.2, 0.25) is 0 Å². The number of halogens is 1. The summed E-state index contributed by atoms with van der Waals surface area (Å²) in [5, 5.41) is 3.32. The highest BCUT2D eigenvalue weighted by Crippen LogP contribution is 2.26. The van der Waals surface area contributed by atoms with Crippen molar-refractivity contribution in [2.75, 3.05) is 6.54 Å². The minimum atomic E-state index is -0.101. The first kappa shape index (κ1) is 12.4. The van der Waals surface area contributed by atoms with Gasteiger partial charge in [0, 0.05) is 18.9 Å². The van der Waals surface area contributed by atoms with Crippen molar-refractivity contribution in [1.29, 1.82) is 0 Å². The summed E-state index contributed by atoms with van der Waals surface area (Å²) in [5.41, 5.74) is 0.507. The van der Waals surface area contributed by atoms with E-state index in [1.165, 1.54) is 31.9 Å². The van der Waals surface area contributed by atoms with Crippen LogP contribution < -0.4 is 5.32 Å². The zero-order valence-corrected chi connectivity index (χ0v) is 10.5. The van der Waals surface area contributed by atoms with Crippen molar-refractivity contribution in [1.82, 2.24) is 10.3 Å². The first-order valence-corrected chi connectivity index (χ1v) is 6.53. The zero-order chi connectivity index (χ0) is 12.1. The number of rotatable bonds is 4. The number of carbonyl (C=O) groups is 1. The number of hydrogen-bond donors (Lipinski definition) is 1. The van der Waals surface area contributed by atoms with Crippen LogP contribution in [0.15, 0.2) is 18.5 Å². The number of nitrogens with one attached hydrogen (secondary N) is 1. The molecule has 1 N–H and O–H groups in total. The molecular weight excluding hydrogens is 236 g/mol. The third kappa shape index (κ3) is 3.43. The summed E-state index contributed by atoms with van der Waals surface area (Å²) in [6.45, 7) is 0.738. The normalized spacial score (nSPS) is 16.1. The van der Waals surface area contributed by atoms with Crippen LogP contribution >= 0.6 is 11.6 Å². The maximum atomic E-state index is 11.8. The second-order valence-electron chi connectivity index (χ2n) is 4.55. The molecule has 3 nitrogen and oxygen atoms in total. The van der Waals surface area contributed by atoms with Crippen LogP contribution in [0.5, 0.6) is 0 Å². The Bertz CT molecular complexity index is 389. The maximum Gasteiger partial charge on any atom is 0.252 e.